The number of hydrogen-bond donors (Lipinski definition) is 3. The molecule has 2 aromatic carbocycles. The number of ketones is 1. The molecule has 2 amide bonds. The summed E-state index contributed by atoms with van der Waals surface area (Å²) in [6.07, 6.45) is -3.54. The Bertz CT molecular complexity index is 1110. The predicted octanol–water partition coefficient (Wildman–Crippen LogP) is 4.82. The first-order valence-electron chi connectivity index (χ1n) is 10.3. The third kappa shape index (κ3) is 4.57. The van der Waals surface area contributed by atoms with Crippen molar-refractivity contribution in [2.45, 2.75) is 37.5 Å². The van der Waals surface area contributed by atoms with Crippen LogP contribution in [0.4, 0.5) is 33.7 Å². The van der Waals surface area contributed by atoms with Crippen LogP contribution in [-0.2, 0) is 12.7 Å². The first kappa shape index (κ1) is 23.2. The van der Waals surface area contributed by atoms with E-state index in [1.54, 1.807) is 0 Å². The summed E-state index contributed by atoms with van der Waals surface area (Å²) in [5.74, 6) is -0.630. The first-order chi connectivity index (χ1) is 15.5. The van der Waals surface area contributed by atoms with Gasteiger partial charge in [-0.1, -0.05) is 17.7 Å². The summed E-state index contributed by atoms with van der Waals surface area (Å²) in [6.45, 7) is 0.482. The van der Waals surface area contributed by atoms with Crippen molar-refractivity contribution in [1.29, 1.82) is 0 Å². The van der Waals surface area contributed by atoms with Crippen LogP contribution in [-0.4, -0.2) is 35.3 Å². The highest BCUT2D eigenvalue weighted by Gasteiger charge is 2.41. The number of hydrogen-bond acceptors (Lipinski definition) is 4. The van der Waals surface area contributed by atoms with Crippen molar-refractivity contribution in [1.82, 2.24) is 10.2 Å². The highest BCUT2D eigenvalue weighted by atomic mass is 35.5. The van der Waals surface area contributed by atoms with Crippen LogP contribution >= 0.6 is 11.6 Å². The van der Waals surface area contributed by atoms with Crippen molar-refractivity contribution in [3.8, 4) is 0 Å². The fourth-order valence-electron chi connectivity index (χ4n) is 4.37. The molecule has 6 nitrogen and oxygen atoms in total. The van der Waals surface area contributed by atoms with E-state index in [0.717, 1.165) is 6.07 Å². The van der Waals surface area contributed by atoms with Gasteiger partial charge in [-0.2, -0.15) is 13.2 Å². The molecule has 1 spiro atoms. The van der Waals surface area contributed by atoms with Crippen molar-refractivity contribution in [3.05, 3.63) is 57.9 Å². The molecule has 0 unspecified atom stereocenters. The average molecular weight is 485 g/mol. The maximum atomic E-state index is 13.5. The quantitative estimate of drug-likeness (QED) is 0.421. The molecule has 0 bridgehead atoms. The summed E-state index contributed by atoms with van der Waals surface area (Å²) in [4.78, 5) is 26.7. The van der Waals surface area contributed by atoms with Crippen molar-refractivity contribution >= 4 is 34.8 Å². The van der Waals surface area contributed by atoms with E-state index in [9.17, 15) is 27.2 Å². The molecule has 1 saturated heterocycles. The number of alkyl halides is 3. The summed E-state index contributed by atoms with van der Waals surface area (Å²) in [6, 6.07) is 6.04. The molecule has 0 aliphatic carbocycles. The molecule has 33 heavy (non-hydrogen) atoms. The lowest BCUT2D eigenvalue weighted by atomic mass is 9.78. The highest BCUT2D eigenvalue weighted by molar-refractivity contribution is 6.32. The van der Waals surface area contributed by atoms with Crippen LogP contribution in [0, 0.1) is 5.82 Å². The second-order valence-corrected chi connectivity index (χ2v) is 8.72. The van der Waals surface area contributed by atoms with Gasteiger partial charge in [-0.25, -0.2) is 9.18 Å². The molecule has 2 aliphatic rings. The van der Waals surface area contributed by atoms with Crippen LogP contribution in [0.5, 0.6) is 0 Å². The molecule has 11 heteroatoms. The number of carbonyl (C=O) groups excluding carboxylic acids is 2. The minimum Gasteiger partial charge on any atom is -0.398 e. The smallest absolute Gasteiger partial charge is 0.398 e. The van der Waals surface area contributed by atoms with Crippen molar-refractivity contribution in [3.63, 3.8) is 0 Å². The normalized spacial score (nSPS) is 17.5. The molecule has 176 valence electrons. The maximum absolute atomic E-state index is 13.5. The number of rotatable bonds is 2. The number of carbonyl (C=O) groups is 2. The van der Waals surface area contributed by atoms with Crippen molar-refractivity contribution < 1.29 is 27.2 Å². The monoisotopic (exact) mass is 484 g/mol. The van der Waals surface area contributed by atoms with E-state index in [4.69, 9.17) is 17.3 Å². The van der Waals surface area contributed by atoms with Crippen LogP contribution in [0.15, 0.2) is 30.3 Å². The zero-order valence-corrected chi connectivity index (χ0v) is 18.1. The lowest BCUT2D eigenvalue weighted by Crippen LogP contribution is -2.55. The molecule has 0 saturated carbocycles. The van der Waals surface area contributed by atoms with Crippen LogP contribution in [0.3, 0.4) is 0 Å². The van der Waals surface area contributed by atoms with Gasteiger partial charge >= 0.3 is 12.2 Å². The Morgan fingerprint density at radius 2 is 1.91 bits per heavy atom. The molecule has 4 rings (SSSR count). The van der Waals surface area contributed by atoms with Gasteiger partial charge in [0.2, 0.25) is 0 Å². The number of urea groups is 1. The molecule has 2 aliphatic heterocycles. The summed E-state index contributed by atoms with van der Waals surface area (Å²) in [7, 11) is 0. The molecule has 1 fully saturated rings. The Hall–Kier alpha value is -3.01. The number of Topliss-reactive ketones (excluding diaryl/α,β-unsaturated/α-hetero) is 1. The van der Waals surface area contributed by atoms with E-state index in [1.807, 2.05) is 0 Å². The largest absolute Gasteiger partial charge is 0.419 e. The minimum absolute atomic E-state index is 0.100. The lowest BCUT2D eigenvalue weighted by molar-refractivity contribution is -0.136. The molecule has 0 atom stereocenters. The van der Waals surface area contributed by atoms with E-state index < -0.39 is 39.8 Å². The number of halogens is 5. The zero-order chi connectivity index (χ0) is 24.0. The van der Waals surface area contributed by atoms with Gasteiger partial charge in [0, 0.05) is 48.5 Å². The third-order valence-electron chi connectivity index (χ3n) is 6.16. The second kappa shape index (κ2) is 8.40. The van der Waals surface area contributed by atoms with Gasteiger partial charge in [0.25, 0.3) is 0 Å². The zero-order valence-electron chi connectivity index (χ0n) is 17.4. The number of nitrogens with one attached hydrogen (secondary N) is 2. The maximum Gasteiger partial charge on any atom is 0.419 e. The van der Waals surface area contributed by atoms with Gasteiger partial charge in [0.05, 0.1) is 10.6 Å². The van der Waals surface area contributed by atoms with Gasteiger partial charge < -0.3 is 21.3 Å². The molecule has 2 heterocycles. The van der Waals surface area contributed by atoms with Crippen LogP contribution in [0.2, 0.25) is 5.02 Å². The molecule has 2 aromatic rings. The highest BCUT2D eigenvalue weighted by Crippen LogP contribution is 2.40. The SMILES string of the molecule is Nc1ccc(CNC(=O)N2CCC3(CC2)CC(=O)c2cc(F)ccc2N3)c(Cl)c1C(F)(F)F. The topological polar surface area (TPSA) is 87.5 Å². The number of nitrogens with zero attached hydrogens (tertiary/aromatic N) is 1. The number of piperidine rings is 1. The number of anilines is 2. The number of benzene rings is 2. The Morgan fingerprint density at radius 1 is 1.21 bits per heavy atom. The van der Waals surface area contributed by atoms with Crippen LogP contribution in [0.1, 0.15) is 40.7 Å². The van der Waals surface area contributed by atoms with E-state index in [0.29, 0.717) is 37.2 Å². The fraction of sp³-hybridized carbons (Fsp3) is 0.364. The van der Waals surface area contributed by atoms with Gasteiger partial charge in [-0.15, -0.1) is 0 Å². The second-order valence-electron chi connectivity index (χ2n) is 8.34. The Morgan fingerprint density at radius 3 is 2.58 bits per heavy atom. The molecule has 0 radical (unpaired) electrons. The number of nitrogens with two attached hydrogens (primary N) is 1. The van der Waals surface area contributed by atoms with E-state index in [1.165, 1.54) is 29.2 Å². The molecular weight excluding hydrogens is 464 g/mol. The van der Waals surface area contributed by atoms with Crippen molar-refractivity contribution in [2.75, 3.05) is 24.1 Å². The molecular formula is C22H21ClF4N4O2. The van der Waals surface area contributed by atoms with E-state index in [-0.39, 0.29) is 24.3 Å². The van der Waals surface area contributed by atoms with E-state index >= 15 is 0 Å². The summed E-state index contributed by atoms with van der Waals surface area (Å²) in [5.41, 5.74) is 4.28. The van der Waals surface area contributed by atoms with Crippen molar-refractivity contribution in [2.24, 2.45) is 0 Å². The average Bonchev–Trinajstić information content (AvgIpc) is 2.73. The molecule has 4 N–H and O–H groups in total. The fourth-order valence-corrected chi connectivity index (χ4v) is 4.72. The van der Waals surface area contributed by atoms with Gasteiger partial charge in [-0.3, -0.25) is 4.79 Å². The standard InChI is InChI=1S/C22H21ClF4N4O2/c23-19-12(1-3-15(28)18(19)22(25,26)27)11-29-20(33)31-7-5-21(6-8-31)10-17(32)14-9-13(24)2-4-16(14)30-21/h1-4,9,30H,5-8,10-11,28H2,(H,29,33). The van der Waals surface area contributed by atoms with Gasteiger partial charge in [-0.05, 0) is 42.7 Å². The number of fused-ring (bicyclic) bond motifs is 1. The number of nitrogen functional groups attached to an aromatic ring is 1. The van der Waals surface area contributed by atoms with E-state index in [2.05, 4.69) is 10.6 Å². The first-order valence-corrected chi connectivity index (χ1v) is 10.6. The summed E-state index contributed by atoms with van der Waals surface area (Å²) < 4.78 is 53.0. The van der Waals surface area contributed by atoms with Gasteiger partial charge in [0.1, 0.15) is 5.82 Å². The Balaban J connectivity index is 1.38. The minimum atomic E-state index is -4.71. The number of amides is 2. The van der Waals surface area contributed by atoms with Crippen LogP contribution in [0.25, 0.3) is 0 Å². The van der Waals surface area contributed by atoms with Crippen LogP contribution < -0.4 is 16.4 Å². The molecule has 0 aromatic heterocycles. The summed E-state index contributed by atoms with van der Waals surface area (Å²) >= 11 is 5.90. The Labute approximate surface area is 192 Å². The third-order valence-corrected chi connectivity index (χ3v) is 6.59. The summed E-state index contributed by atoms with van der Waals surface area (Å²) in [5, 5.41) is 5.39. The Kier molecular flexibility index (Phi) is 5.90. The number of likely N-dealkylation sites (tertiary alicyclic amines) is 1. The van der Waals surface area contributed by atoms with Gasteiger partial charge in [0.15, 0.2) is 5.78 Å². The lowest BCUT2D eigenvalue weighted by Gasteiger charge is -2.45. The predicted molar refractivity (Wildman–Crippen MR) is 116 cm³/mol.